The fraction of sp³-hybridized carbons (Fsp3) is 0.588. The van der Waals surface area contributed by atoms with E-state index in [9.17, 15) is 13.6 Å². The van der Waals surface area contributed by atoms with Crippen LogP contribution < -0.4 is 10.8 Å². The highest BCUT2D eigenvalue weighted by Gasteiger charge is 2.53. The summed E-state index contributed by atoms with van der Waals surface area (Å²) < 4.78 is 45.2. The van der Waals surface area contributed by atoms with Crippen molar-refractivity contribution in [1.29, 1.82) is 0 Å². The molecule has 1 fully saturated rings. The third-order valence-electron chi connectivity index (χ3n) is 4.40. The number of nitrogens with one attached hydrogen (secondary N) is 1. The van der Waals surface area contributed by atoms with E-state index in [1.807, 2.05) is 0 Å². The van der Waals surface area contributed by atoms with E-state index in [-0.39, 0.29) is 23.7 Å². The van der Waals surface area contributed by atoms with Gasteiger partial charge in [0.25, 0.3) is 0 Å². The normalized spacial score (nSPS) is 18.5. The van der Waals surface area contributed by atoms with Gasteiger partial charge in [-0.2, -0.15) is 0 Å². The first-order valence-corrected chi connectivity index (χ1v) is 8.19. The van der Waals surface area contributed by atoms with Crippen molar-refractivity contribution in [3.05, 3.63) is 29.3 Å². The summed E-state index contributed by atoms with van der Waals surface area (Å²) in [7, 11) is -1.13. The Bertz CT molecular complexity index is 625. The number of ether oxygens (including phenoxy) is 1. The van der Waals surface area contributed by atoms with Crippen molar-refractivity contribution in [3.63, 3.8) is 0 Å². The van der Waals surface area contributed by atoms with Gasteiger partial charge in [-0.05, 0) is 59.2 Å². The highest BCUT2D eigenvalue weighted by Crippen LogP contribution is 2.36. The molecule has 138 valence electrons. The van der Waals surface area contributed by atoms with Crippen molar-refractivity contribution < 1.29 is 27.6 Å². The topological polar surface area (TPSA) is 56.8 Å². The van der Waals surface area contributed by atoms with Gasteiger partial charge in [0.1, 0.15) is 18.2 Å². The van der Waals surface area contributed by atoms with Crippen LogP contribution in [0.2, 0.25) is 0 Å². The van der Waals surface area contributed by atoms with E-state index < -0.39 is 36.0 Å². The zero-order chi connectivity index (χ0) is 19.0. The van der Waals surface area contributed by atoms with Crippen LogP contribution in [-0.4, -0.2) is 30.5 Å². The van der Waals surface area contributed by atoms with E-state index in [1.54, 1.807) is 41.5 Å². The lowest BCUT2D eigenvalue weighted by Gasteiger charge is -2.32. The largest absolute Gasteiger partial charge is 0.500 e. The number of alkyl carbamates (subject to hydrolysis) is 1. The van der Waals surface area contributed by atoms with Crippen LogP contribution in [0.4, 0.5) is 13.6 Å². The van der Waals surface area contributed by atoms with Crippen molar-refractivity contribution in [2.75, 3.05) is 0 Å². The number of hydrogen-bond donors (Lipinski definition) is 1. The molecule has 0 bridgehead atoms. The molecule has 8 heteroatoms. The first-order valence-electron chi connectivity index (χ1n) is 8.19. The zero-order valence-electron chi connectivity index (χ0n) is 15.4. The van der Waals surface area contributed by atoms with Crippen LogP contribution >= 0.6 is 0 Å². The van der Waals surface area contributed by atoms with E-state index in [0.717, 1.165) is 12.1 Å². The van der Waals surface area contributed by atoms with E-state index >= 15 is 0 Å². The van der Waals surface area contributed by atoms with E-state index in [4.69, 9.17) is 14.0 Å². The molecular weight excluding hydrogens is 331 g/mol. The van der Waals surface area contributed by atoms with Crippen molar-refractivity contribution in [2.45, 2.75) is 65.4 Å². The Morgan fingerprint density at radius 1 is 1.16 bits per heavy atom. The van der Waals surface area contributed by atoms with Gasteiger partial charge in [-0.15, -0.1) is 0 Å². The molecule has 0 aliphatic carbocycles. The molecule has 1 aliphatic heterocycles. The molecule has 0 atom stereocenters. The lowest BCUT2D eigenvalue weighted by atomic mass is 9.77. The number of amides is 1. The average molecular weight is 355 g/mol. The lowest BCUT2D eigenvalue weighted by molar-refractivity contribution is 0.00578. The minimum absolute atomic E-state index is 0.0910. The van der Waals surface area contributed by atoms with Crippen LogP contribution in [0.5, 0.6) is 0 Å². The zero-order valence-corrected chi connectivity index (χ0v) is 15.4. The number of benzene rings is 1. The summed E-state index contributed by atoms with van der Waals surface area (Å²) in [6.45, 7) is 10.5. The van der Waals surface area contributed by atoms with Crippen molar-refractivity contribution in [3.8, 4) is 0 Å². The third-order valence-corrected chi connectivity index (χ3v) is 4.40. The molecule has 1 saturated heterocycles. The number of rotatable bonds is 4. The Hall–Kier alpha value is -1.67. The molecule has 2 rings (SSSR count). The van der Waals surface area contributed by atoms with Crippen LogP contribution in [0.15, 0.2) is 12.1 Å². The van der Waals surface area contributed by atoms with E-state index in [0.29, 0.717) is 0 Å². The second kappa shape index (κ2) is 6.92. The smallest absolute Gasteiger partial charge is 0.445 e. The Labute approximate surface area is 147 Å². The van der Waals surface area contributed by atoms with E-state index in [2.05, 4.69) is 5.32 Å². The number of halogens is 2. The second-order valence-corrected chi connectivity index (χ2v) is 7.44. The van der Waals surface area contributed by atoms with Gasteiger partial charge < -0.3 is 19.4 Å². The predicted octanol–water partition coefficient (Wildman–Crippen LogP) is 2.90. The lowest BCUT2D eigenvalue weighted by Crippen LogP contribution is -2.41. The molecule has 0 saturated carbocycles. The van der Waals surface area contributed by atoms with Gasteiger partial charge in [-0.3, -0.25) is 0 Å². The molecule has 1 heterocycles. The third kappa shape index (κ3) is 4.30. The second-order valence-electron chi connectivity index (χ2n) is 7.44. The first kappa shape index (κ1) is 19.7. The molecule has 1 amide bonds. The molecule has 0 spiro atoms. The maximum atomic E-state index is 14.4. The summed E-state index contributed by atoms with van der Waals surface area (Å²) in [6, 6.07) is 2.14. The summed E-state index contributed by atoms with van der Waals surface area (Å²) in [6.07, 6.45) is -0.647. The summed E-state index contributed by atoms with van der Waals surface area (Å²) >= 11 is 0. The summed E-state index contributed by atoms with van der Waals surface area (Å²) in [5.74, 6) is -1.61. The van der Waals surface area contributed by atoms with Crippen LogP contribution in [0.1, 0.15) is 47.1 Å². The Balaban J connectivity index is 2.15. The summed E-state index contributed by atoms with van der Waals surface area (Å²) in [4.78, 5) is 11.5. The van der Waals surface area contributed by atoms with Crippen molar-refractivity contribution >= 4 is 18.7 Å². The minimum Gasteiger partial charge on any atom is -0.445 e. The van der Waals surface area contributed by atoms with Gasteiger partial charge in [-0.1, -0.05) is 0 Å². The summed E-state index contributed by atoms with van der Waals surface area (Å²) in [5.41, 5.74) is -1.48. The highest BCUT2D eigenvalue weighted by atomic mass is 19.1. The Kier molecular flexibility index (Phi) is 5.44. The van der Waals surface area contributed by atoms with Gasteiger partial charge in [0, 0.05) is 6.04 Å². The monoisotopic (exact) mass is 355 g/mol. The van der Waals surface area contributed by atoms with Crippen molar-refractivity contribution in [1.82, 2.24) is 5.32 Å². The molecule has 5 nitrogen and oxygen atoms in total. The van der Waals surface area contributed by atoms with Gasteiger partial charge >= 0.3 is 13.2 Å². The minimum atomic E-state index is -1.13. The van der Waals surface area contributed by atoms with Crippen LogP contribution in [0.3, 0.4) is 0 Å². The van der Waals surface area contributed by atoms with Gasteiger partial charge in [0.15, 0.2) is 0 Å². The molecule has 1 aromatic carbocycles. The molecule has 0 aromatic heterocycles. The summed E-state index contributed by atoms with van der Waals surface area (Å²) in [5, 5.41) is 2.53. The fourth-order valence-corrected chi connectivity index (χ4v) is 2.33. The fourth-order valence-electron chi connectivity index (χ4n) is 2.33. The van der Waals surface area contributed by atoms with Crippen LogP contribution in [0, 0.1) is 11.6 Å². The number of carbonyl (C=O) groups excluding carboxylic acids is 1. The Morgan fingerprint density at radius 2 is 1.64 bits per heavy atom. The number of carbonyl (C=O) groups is 1. The molecule has 0 radical (unpaired) electrons. The molecular formula is C17H24BF2NO4. The van der Waals surface area contributed by atoms with Gasteiger partial charge in [0.05, 0.1) is 16.7 Å². The average Bonchev–Trinajstić information content (AvgIpc) is 2.63. The van der Waals surface area contributed by atoms with Gasteiger partial charge in [-0.25, -0.2) is 13.6 Å². The standard InChI is InChI=1S/C17H24BF2NO4/c1-10(2)21-15(22)23-9-11-7-12(19)14(13(20)8-11)18-24-16(3,4)17(5,6)25-18/h7-8,10H,9H2,1-6H3,(H,21,22). The molecule has 25 heavy (non-hydrogen) atoms. The number of hydrogen-bond acceptors (Lipinski definition) is 4. The Morgan fingerprint density at radius 3 is 2.08 bits per heavy atom. The molecule has 1 aromatic rings. The van der Waals surface area contributed by atoms with E-state index in [1.165, 1.54) is 0 Å². The van der Waals surface area contributed by atoms with Crippen LogP contribution in [0.25, 0.3) is 0 Å². The maximum absolute atomic E-state index is 14.4. The van der Waals surface area contributed by atoms with Gasteiger partial charge in [0.2, 0.25) is 0 Å². The molecule has 1 aliphatic rings. The highest BCUT2D eigenvalue weighted by molar-refractivity contribution is 6.62. The SMILES string of the molecule is CC(C)NC(=O)OCc1cc(F)c(B2OC(C)(C)C(C)(C)O2)c(F)c1. The van der Waals surface area contributed by atoms with Crippen molar-refractivity contribution in [2.24, 2.45) is 0 Å². The quantitative estimate of drug-likeness (QED) is 0.844. The first-order chi connectivity index (χ1) is 11.4. The molecule has 1 N–H and O–H groups in total. The molecule has 0 unspecified atom stereocenters. The van der Waals surface area contributed by atoms with Crippen LogP contribution in [-0.2, 0) is 20.7 Å². The maximum Gasteiger partial charge on any atom is 0.500 e. The predicted molar refractivity (Wildman–Crippen MR) is 90.5 cm³/mol.